The Morgan fingerprint density at radius 3 is 2.66 bits per heavy atom. The summed E-state index contributed by atoms with van der Waals surface area (Å²) in [5.41, 5.74) is 2.11. The number of benzene rings is 2. The number of piperidine rings is 1. The minimum absolute atomic E-state index is 0.0249. The van der Waals surface area contributed by atoms with E-state index in [1.165, 1.54) is 24.3 Å². The normalized spacial score (nSPS) is 17.2. The van der Waals surface area contributed by atoms with Crippen molar-refractivity contribution in [3.05, 3.63) is 59.7 Å². The van der Waals surface area contributed by atoms with E-state index in [-0.39, 0.29) is 17.0 Å². The van der Waals surface area contributed by atoms with Crippen molar-refractivity contribution in [1.29, 1.82) is 0 Å². The van der Waals surface area contributed by atoms with Crippen LogP contribution in [-0.4, -0.2) is 41.4 Å². The van der Waals surface area contributed by atoms with Crippen LogP contribution in [0.15, 0.2) is 57.8 Å². The molecule has 1 amide bonds. The first-order valence-electron chi connectivity index (χ1n) is 10.7. The molecule has 1 N–H and O–H groups in total. The molecule has 1 aromatic heterocycles. The van der Waals surface area contributed by atoms with Gasteiger partial charge in [-0.2, -0.15) is 4.31 Å². The van der Waals surface area contributed by atoms with Gasteiger partial charge < -0.3 is 4.42 Å². The third-order valence-electron chi connectivity index (χ3n) is 5.68. The van der Waals surface area contributed by atoms with Crippen molar-refractivity contribution in [2.45, 2.75) is 50.5 Å². The number of carbonyl (C=O) groups is 1. The zero-order chi connectivity index (χ0) is 22.7. The molecule has 1 aliphatic heterocycles. The first kappa shape index (κ1) is 22.2. The summed E-state index contributed by atoms with van der Waals surface area (Å²) >= 11 is 0. The van der Waals surface area contributed by atoms with Gasteiger partial charge in [-0.1, -0.05) is 36.1 Å². The highest BCUT2D eigenvalue weighted by molar-refractivity contribution is 7.89. The predicted molar refractivity (Wildman–Crippen MR) is 121 cm³/mol. The van der Waals surface area contributed by atoms with E-state index in [1.807, 2.05) is 38.1 Å². The summed E-state index contributed by atoms with van der Waals surface area (Å²) in [7, 11) is -3.59. The fourth-order valence-corrected chi connectivity index (χ4v) is 5.72. The Labute approximate surface area is 187 Å². The Balaban J connectivity index is 1.47. The molecule has 8 nitrogen and oxygen atoms in total. The lowest BCUT2D eigenvalue weighted by atomic mass is 10.0. The molecule has 32 heavy (non-hydrogen) atoms. The number of aromatic nitrogens is 2. The molecule has 0 radical (unpaired) electrons. The summed E-state index contributed by atoms with van der Waals surface area (Å²) in [5, 5.41) is 10.4. The van der Waals surface area contributed by atoms with Crippen LogP contribution in [0.4, 0.5) is 6.01 Å². The molecule has 2 heterocycles. The Morgan fingerprint density at radius 2 is 1.94 bits per heavy atom. The number of sulfonamides is 1. The molecule has 0 spiro atoms. The third-order valence-corrected chi connectivity index (χ3v) is 7.64. The van der Waals surface area contributed by atoms with Crippen LogP contribution in [0.2, 0.25) is 0 Å². The fraction of sp³-hybridized carbons (Fsp3) is 0.348. The van der Waals surface area contributed by atoms with Crippen LogP contribution in [0, 0.1) is 6.92 Å². The summed E-state index contributed by atoms with van der Waals surface area (Å²) in [4.78, 5) is 12.8. The zero-order valence-corrected chi connectivity index (χ0v) is 18.9. The standard InChI is InChI=1S/C23H26N4O4S/c1-3-19-9-4-5-14-27(19)32(29,30)20-12-10-17(11-13-20)21(28)24-23-26-25-22(31-23)18-8-6-7-16(2)15-18/h6-8,10-13,15,19H,3-5,9,14H2,1-2H3,(H,24,26,28). The summed E-state index contributed by atoms with van der Waals surface area (Å²) in [6.45, 7) is 4.50. The molecule has 9 heteroatoms. The van der Waals surface area contributed by atoms with E-state index in [9.17, 15) is 13.2 Å². The highest BCUT2D eigenvalue weighted by Crippen LogP contribution is 2.27. The summed E-state index contributed by atoms with van der Waals surface area (Å²) < 4.78 is 33.3. The van der Waals surface area contributed by atoms with E-state index in [0.29, 0.717) is 18.0 Å². The Kier molecular flexibility index (Phi) is 6.38. The van der Waals surface area contributed by atoms with E-state index in [1.54, 1.807) is 4.31 Å². The Hall–Kier alpha value is -3.04. The van der Waals surface area contributed by atoms with Crippen LogP contribution in [-0.2, 0) is 10.0 Å². The Bertz CT molecular complexity index is 1200. The highest BCUT2D eigenvalue weighted by atomic mass is 32.2. The van der Waals surface area contributed by atoms with Gasteiger partial charge in [0.2, 0.25) is 15.9 Å². The maximum Gasteiger partial charge on any atom is 0.322 e. The van der Waals surface area contributed by atoms with Crippen molar-refractivity contribution < 1.29 is 17.6 Å². The number of carbonyl (C=O) groups excluding carboxylic acids is 1. The van der Waals surface area contributed by atoms with Crippen LogP contribution in [0.1, 0.15) is 48.5 Å². The summed E-state index contributed by atoms with van der Waals surface area (Å²) in [6.07, 6.45) is 3.58. The van der Waals surface area contributed by atoms with Crippen molar-refractivity contribution in [2.75, 3.05) is 11.9 Å². The molecule has 1 atom stereocenters. The average Bonchev–Trinajstić information content (AvgIpc) is 3.27. The minimum Gasteiger partial charge on any atom is -0.403 e. The number of nitrogens with zero attached hydrogens (tertiary/aromatic N) is 3. The second kappa shape index (κ2) is 9.22. The van der Waals surface area contributed by atoms with Crippen molar-refractivity contribution in [3.8, 4) is 11.5 Å². The monoisotopic (exact) mass is 454 g/mol. The molecule has 1 fully saturated rings. The van der Waals surface area contributed by atoms with Crippen LogP contribution in [0.3, 0.4) is 0 Å². The van der Waals surface area contributed by atoms with Gasteiger partial charge >= 0.3 is 6.01 Å². The van der Waals surface area contributed by atoms with Gasteiger partial charge in [0.05, 0.1) is 4.90 Å². The van der Waals surface area contributed by atoms with Crippen molar-refractivity contribution in [3.63, 3.8) is 0 Å². The Morgan fingerprint density at radius 1 is 1.16 bits per heavy atom. The largest absolute Gasteiger partial charge is 0.403 e. The fourth-order valence-electron chi connectivity index (χ4n) is 3.95. The van der Waals surface area contributed by atoms with Gasteiger partial charge in [-0.25, -0.2) is 8.42 Å². The maximum atomic E-state index is 13.1. The number of hydrogen-bond donors (Lipinski definition) is 1. The number of nitrogens with one attached hydrogen (secondary N) is 1. The highest BCUT2D eigenvalue weighted by Gasteiger charge is 2.32. The molecular formula is C23H26N4O4S. The van der Waals surface area contributed by atoms with E-state index in [2.05, 4.69) is 15.5 Å². The number of hydrogen-bond acceptors (Lipinski definition) is 6. The van der Waals surface area contributed by atoms with Crippen molar-refractivity contribution in [1.82, 2.24) is 14.5 Å². The molecule has 0 bridgehead atoms. The second-order valence-electron chi connectivity index (χ2n) is 7.93. The summed E-state index contributed by atoms with van der Waals surface area (Å²) in [6, 6.07) is 13.5. The molecular weight excluding hydrogens is 428 g/mol. The second-order valence-corrected chi connectivity index (χ2v) is 9.82. The topological polar surface area (TPSA) is 105 Å². The minimum atomic E-state index is -3.59. The smallest absolute Gasteiger partial charge is 0.322 e. The van der Waals surface area contributed by atoms with Gasteiger partial charge in [0.25, 0.3) is 5.91 Å². The molecule has 1 unspecified atom stereocenters. The lowest BCUT2D eigenvalue weighted by Gasteiger charge is -2.34. The number of aryl methyl sites for hydroxylation is 1. The van der Waals surface area contributed by atoms with Crippen LogP contribution in [0.25, 0.3) is 11.5 Å². The van der Waals surface area contributed by atoms with Gasteiger partial charge in [0.1, 0.15) is 0 Å². The van der Waals surface area contributed by atoms with Crippen molar-refractivity contribution >= 4 is 21.9 Å². The molecule has 0 aliphatic carbocycles. The van der Waals surface area contributed by atoms with Gasteiger partial charge in [0, 0.05) is 23.7 Å². The molecule has 3 aromatic rings. The van der Waals surface area contributed by atoms with E-state index in [4.69, 9.17) is 4.42 Å². The quantitative estimate of drug-likeness (QED) is 0.597. The van der Waals surface area contributed by atoms with Crippen LogP contribution >= 0.6 is 0 Å². The maximum absolute atomic E-state index is 13.1. The molecule has 0 saturated carbocycles. The lowest BCUT2D eigenvalue weighted by Crippen LogP contribution is -2.43. The molecule has 1 saturated heterocycles. The lowest BCUT2D eigenvalue weighted by molar-refractivity contribution is 0.102. The molecule has 2 aromatic carbocycles. The third kappa shape index (κ3) is 4.58. The summed E-state index contributed by atoms with van der Waals surface area (Å²) in [5.74, 6) is -0.157. The zero-order valence-electron chi connectivity index (χ0n) is 18.1. The van der Waals surface area contributed by atoms with Crippen LogP contribution in [0.5, 0.6) is 0 Å². The van der Waals surface area contributed by atoms with Gasteiger partial charge in [-0.05, 0) is 62.6 Å². The number of amides is 1. The van der Waals surface area contributed by atoms with Gasteiger partial charge in [0.15, 0.2) is 0 Å². The molecule has 168 valence electrons. The van der Waals surface area contributed by atoms with E-state index >= 15 is 0 Å². The van der Waals surface area contributed by atoms with Gasteiger partial charge in [-0.15, -0.1) is 5.10 Å². The number of rotatable bonds is 6. The molecule has 4 rings (SSSR count). The van der Waals surface area contributed by atoms with Gasteiger partial charge in [-0.3, -0.25) is 10.1 Å². The first-order valence-corrected chi connectivity index (χ1v) is 12.2. The SMILES string of the molecule is CCC1CCCCN1S(=O)(=O)c1ccc(C(=O)Nc2nnc(-c3cccc(C)c3)o2)cc1. The molecule has 1 aliphatic rings. The average molecular weight is 455 g/mol. The van der Waals surface area contributed by atoms with E-state index in [0.717, 1.165) is 36.8 Å². The van der Waals surface area contributed by atoms with Crippen LogP contribution < -0.4 is 5.32 Å². The van der Waals surface area contributed by atoms with Crippen molar-refractivity contribution in [2.24, 2.45) is 0 Å². The van der Waals surface area contributed by atoms with E-state index < -0.39 is 15.9 Å². The first-order chi connectivity index (χ1) is 15.4. The number of anilines is 1. The predicted octanol–water partition coefficient (Wildman–Crippen LogP) is 4.25.